The van der Waals surface area contributed by atoms with Crippen LogP contribution in [0.5, 0.6) is 0 Å². The number of rotatable bonds is 4. The van der Waals surface area contributed by atoms with Crippen molar-refractivity contribution in [1.29, 1.82) is 0 Å². The van der Waals surface area contributed by atoms with Gasteiger partial charge < -0.3 is 14.7 Å². The number of carbonyl (C=O) groups is 1. The van der Waals surface area contributed by atoms with E-state index in [1.54, 1.807) is 43.3 Å². The van der Waals surface area contributed by atoms with Crippen LogP contribution in [0.4, 0.5) is 4.39 Å². The summed E-state index contributed by atoms with van der Waals surface area (Å²) in [5, 5.41) is 11.6. The van der Waals surface area contributed by atoms with Crippen LogP contribution in [0.25, 0.3) is 21.8 Å². The van der Waals surface area contributed by atoms with E-state index in [0.29, 0.717) is 42.0 Å². The lowest BCUT2D eigenvalue weighted by molar-refractivity contribution is -0.134. The van der Waals surface area contributed by atoms with Gasteiger partial charge in [-0.15, -0.1) is 0 Å². The molecule has 1 fully saturated rings. The SMILES string of the molecule is Cc1cc2c(ncc3c2c(CN2CCN(C)C(=O)C2)cn3Cc2ccc(F)cc2)c(=O)n1O. The average molecular weight is 449 g/mol. The van der Waals surface area contributed by atoms with Gasteiger partial charge in [0.1, 0.15) is 11.3 Å². The summed E-state index contributed by atoms with van der Waals surface area (Å²) in [6, 6.07) is 8.09. The molecule has 1 aromatic carbocycles. The van der Waals surface area contributed by atoms with E-state index >= 15 is 0 Å². The lowest BCUT2D eigenvalue weighted by atomic mass is 10.1. The number of nitrogens with zero attached hydrogens (tertiary/aromatic N) is 5. The molecular weight excluding hydrogens is 425 g/mol. The Morgan fingerprint density at radius 2 is 1.88 bits per heavy atom. The highest BCUT2D eigenvalue weighted by Crippen LogP contribution is 2.30. The molecule has 4 heterocycles. The first-order chi connectivity index (χ1) is 15.8. The lowest BCUT2D eigenvalue weighted by Gasteiger charge is -2.31. The topological polar surface area (TPSA) is 83.6 Å². The second-order valence-electron chi connectivity index (χ2n) is 8.62. The van der Waals surface area contributed by atoms with Gasteiger partial charge in [-0.05, 0) is 36.2 Å². The Balaban J connectivity index is 1.66. The van der Waals surface area contributed by atoms with Gasteiger partial charge in [0.05, 0.1) is 24.0 Å². The van der Waals surface area contributed by atoms with Crippen LogP contribution in [-0.2, 0) is 17.9 Å². The Labute approximate surface area is 189 Å². The first kappa shape index (κ1) is 21.1. The number of aryl methyl sites for hydroxylation is 1. The maximum absolute atomic E-state index is 13.4. The molecule has 5 rings (SSSR count). The van der Waals surface area contributed by atoms with Gasteiger partial charge in [-0.25, -0.2) is 9.37 Å². The molecule has 170 valence electrons. The lowest BCUT2D eigenvalue weighted by Crippen LogP contribution is -2.47. The van der Waals surface area contributed by atoms with E-state index in [1.807, 2.05) is 10.8 Å². The predicted molar refractivity (Wildman–Crippen MR) is 122 cm³/mol. The van der Waals surface area contributed by atoms with Crippen molar-refractivity contribution in [2.75, 3.05) is 26.7 Å². The molecule has 1 saturated heterocycles. The fraction of sp³-hybridized carbons (Fsp3) is 0.292. The van der Waals surface area contributed by atoms with Gasteiger partial charge in [-0.1, -0.05) is 12.1 Å². The number of piperazine rings is 1. The van der Waals surface area contributed by atoms with Crippen molar-refractivity contribution in [1.82, 2.24) is 24.1 Å². The maximum atomic E-state index is 13.4. The van der Waals surface area contributed by atoms with Gasteiger partial charge in [0.15, 0.2) is 0 Å². The molecule has 0 saturated carbocycles. The van der Waals surface area contributed by atoms with Crippen LogP contribution in [-0.4, -0.2) is 61.9 Å². The van der Waals surface area contributed by atoms with Gasteiger partial charge in [0, 0.05) is 50.2 Å². The van der Waals surface area contributed by atoms with E-state index in [2.05, 4.69) is 9.88 Å². The minimum absolute atomic E-state index is 0.0711. The van der Waals surface area contributed by atoms with Crippen molar-refractivity contribution < 1.29 is 14.4 Å². The average Bonchev–Trinajstić information content (AvgIpc) is 3.13. The third-order valence-corrected chi connectivity index (χ3v) is 6.32. The van der Waals surface area contributed by atoms with Crippen molar-refractivity contribution >= 4 is 27.7 Å². The molecule has 4 aromatic rings. The Morgan fingerprint density at radius 1 is 1.12 bits per heavy atom. The number of benzene rings is 1. The quantitative estimate of drug-likeness (QED) is 0.484. The highest BCUT2D eigenvalue weighted by molar-refractivity contribution is 6.06. The molecule has 1 N–H and O–H groups in total. The molecule has 0 bridgehead atoms. The number of halogens is 1. The summed E-state index contributed by atoms with van der Waals surface area (Å²) in [4.78, 5) is 33.1. The molecule has 0 radical (unpaired) electrons. The van der Waals surface area contributed by atoms with Crippen molar-refractivity contribution in [3.63, 3.8) is 0 Å². The molecule has 3 aromatic heterocycles. The van der Waals surface area contributed by atoms with E-state index in [0.717, 1.165) is 28.6 Å². The summed E-state index contributed by atoms with van der Waals surface area (Å²) in [5.41, 5.74) is 2.75. The molecule has 1 amide bonds. The molecule has 0 aliphatic carbocycles. The van der Waals surface area contributed by atoms with Crippen LogP contribution >= 0.6 is 0 Å². The van der Waals surface area contributed by atoms with Crippen molar-refractivity contribution in [3.05, 3.63) is 75.7 Å². The molecule has 0 atom stereocenters. The van der Waals surface area contributed by atoms with E-state index in [4.69, 9.17) is 0 Å². The first-order valence-corrected chi connectivity index (χ1v) is 10.7. The number of hydrogen-bond donors (Lipinski definition) is 1. The molecule has 0 spiro atoms. The van der Waals surface area contributed by atoms with Crippen molar-refractivity contribution in [3.8, 4) is 0 Å². The van der Waals surface area contributed by atoms with Crippen LogP contribution in [0.1, 0.15) is 16.8 Å². The summed E-state index contributed by atoms with van der Waals surface area (Å²) in [5.74, 6) is -0.221. The fourth-order valence-electron chi connectivity index (χ4n) is 4.46. The van der Waals surface area contributed by atoms with Gasteiger partial charge in [-0.3, -0.25) is 14.5 Å². The van der Waals surface area contributed by atoms with E-state index in [9.17, 15) is 19.2 Å². The smallest absolute Gasteiger partial charge is 0.309 e. The number of aromatic nitrogens is 3. The Morgan fingerprint density at radius 3 is 2.61 bits per heavy atom. The summed E-state index contributed by atoms with van der Waals surface area (Å²) >= 11 is 0. The van der Waals surface area contributed by atoms with Crippen molar-refractivity contribution in [2.45, 2.75) is 20.0 Å². The number of amides is 1. The number of pyridine rings is 2. The third-order valence-electron chi connectivity index (χ3n) is 6.32. The number of hydrogen-bond acceptors (Lipinski definition) is 5. The van der Waals surface area contributed by atoms with E-state index < -0.39 is 5.56 Å². The van der Waals surface area contributed by atoms with Crippen LogP contribution in [0.2, 0.25) is 0 Å². The van der Waals surface area contributed by atoms with Crippen LogP contribution < -0.4 is 5.56 Å². The summed E-state index contributed by atoms with van der Waals surface area (Å²) in [6.07, 6.45) is 3.65. The number of carbonyl (C=O) groups excluding carboxylic acids is 1. The highest BCUT2D eigenvalue weighted by Gasteiger charge is 2.23. The zero-order chi connectivity index (χ0) is 23.3. The Kier molecular flexibility index (Phi) is 5.13. The van der Waals surface area contributed by atoms with Gasteiger partial charge in [-0.2, -0.15) is 4.73 Å². The maximum Gasteiger partial charge on any atom is 0.309 e. The van der Waals surface area contributed by atoms with Gasteiger partial charge in [0.25, 0.3) is 0 Å². The first-order valence-electron chi connectivity index (χ1n) is 10.7. The standard InChI is InChI=1S/C24H24FN5O3/c1-15-9-19-22-17(12-28-8-7-27(2)21(31)14-28)13-29(11-16-3-5-18(25)6-4-16)20(22)10-26-23(19)24(32)30(15)33/h3-6,9-10,13,33H,7-8,11-12,14H2,1-2H3. The molecule has 33 heavy (non-hydrogen) atoms. The summed E-state index contributed by atoms with van der Waals surface area (Å²) in [7, 11) is 1.80. The second kappa shape index (κ2) is 8.00. The molecule has 9 heteroatoms. The largest absolute Gasteiger partial charge is 0.425 e. The zero-order valence-electron chi connectivity index (χ0n) is 18.5. The van der Waals surface area contributed by atoms with Crippen LogP contribution in [0.3, 0.4) is 0 Å². The second-order valence-corrected chi connectivity index (χ2v) is 8.62. The molecule has 0 unspecified atom stereocenters. The van der Waals surface area contributed by atoms with Gasteiger partial charge >= 0.3 is 5.56 Å². The minimum Gasteiger partial charge on any atom is -0.425 e. The zero-order valence-corrected chi connectivity index (χ0v) is 18.5. The normalized spacial score (nSPS) is 15.1. The van der Waals surface area contributed by atoms with Gasteiger partial charge in [0.2, 0.25) is 5.91 Å². The molecule has 1 aliphatic rings. The molecule has 8 nitrogen and oxygen atoms in total. The third kappa shape index (κ3) is 3.74. The van der Waals surface area contributed by atoms with E-state index in [1.165, 1.54) is 12.1 Å². The predicted octanol–water partition coefficient (Wildman–Crippen LogP) is 2.36. The molecular formula is C24H24FN5O3. The monoisotopic (exact) mass is 449 g/mol. The Hall–Kier alpha value is -3.72. The number of likely N-dealkylation sites (N-methyl/N-ethyl adjacent to an activating group) is 1. The molecule has 1 aliphatic heterocycles. The summed E-state index contributed by atoms with van der Waals surface area (Å²) in [6.45, 7) is 4.43. The summed E-state index contributed by atoms with van der Waals surface area (Å²) < 4.78 is 16.0. The fourth-order valence-corrected chi connectivity index (χ4v) is 4.46. The van der Waals surface area contributed by atoms with Crippen LogP contribution in [0, 0.1) is 12.7 Å². The van der Waals surface area contributed by atoms with Crippen LogP contribution in [0.15, 0.2) is 47.5 Å². The minimum atomic E-state index is -0.570. The number of fused-ring (bicyclic) bond motifs is 3. The highest BCUT2D eigenvalue weighted by atomic mass is 19.1. The van der Waals surface area contributed by atoms with Crippen molar-refractivity contribution in [2.24, 2.45) is 0 Å². The Bertz CT molecular complexity index is 1440. The van der Waals surface area contributed by atoms with E-state index in [-0.39, 0.29) is 17.2 Å².